The molecule has 0 spiro atoms. The van der Waals surface area contributed by atoms with Gasteiger partial charge in [-0.2, -0.15) is 0 Å². The summed E-state index contributed by atoms with van der Waals surface area (Å²) in [5.41, 5.74) is 5.52. The summed E-state index contributed by atoms with van der Waals surface area (Å²) in [6, 6.07) is 4.85. The zero-order chi connectivity index (χ0) is 9.56. The number of nitrogens with two attached hydrogens (primary N) is 1. The molecule has 0 aliphatic rings. The lowest BCUT2D eigenvalue weighted by Gasteiger charge is -1.98. The van der Waals surface area contributed by atoms with Crippen molar-refractivity contribution in [1.82, 2.24) is 0 Å². The molecule has 0 aliphatic heterocycles. The van der Waals surface area contributed by atoms with Crippen LogP contribution in [0.5, 0.6) is 11.5 Å². The van der Waals surface area contributed by atoms with E-state index in [4.69, 9.17) is 10.2 Å². The van der Waals surface area contributed by atoms with Crippen LogP contribution in [0.15, 0.2) is 18.2 Å². The van der Waals surface area contributed by atoms with Crippen molar-refractivity contribution in [2.45, 2.75) is 13.3 Å². The Morgan fingerprint density at radius 1 is 1.17 bits per heavy atom. The summed E-state index contributed by atoms with van der Waals surface area (Å²) >= 11 is 0. The van der Waals surface area contributed by atoms with E-state index >= 15 is 0 Å². The third kappa shape index (κ3) is 2.80. The lowest BCUT2D eigenvalue weighted by atomic mass is 10.1. The quantitative estimate of drug-likeness (QED) is 0.554. The second-order valence-electron chi connectivity index (χ2n) is 2.18. The minimum Gasteiger partial charge on any atom is -0.504 e. The van der Waals surface area contributed by atoms with Gasteiger partial charge in [0.05, 0.1) is 0 Å². The Bertz CT molecular complexity index is 236. The first kappa shape index (κ1) is 10.8. The molecule has 1 aromatic carbocycles. The van der Waals surface area contributed by atoms with E-state index in [1.807, 2.05) is 6.92 Å². The molecule has 0 unspecified atom stereocenters. The van der Waals surface area contributed by atoms with E-state index in [-0.39, 0.29) is 11.5 Å². The predicted molar refractivity (Wildman–Crippen MR) is 49.3 cm³/mol. The van der Waals surface area contributed by atoms with Gasteiger partial charge in [0.15, 0.2) is 11.5 Å². The van der Waals surface area contributed by atoms with Gasteiger partial charge >= 0.3 is 0 Å². The fourth-order valence-electron chi connectivity index (χ4n) is 0.789. The van der Waals surface area contributed by atoms with Gasteiger partial charge in [-0.3, -0.25) is 0 Å². The van der Waals surface area contributed by atoms with Gasteiger partial charge in [-0.25, -0.2) is 0 Å². The maximum atomic E-state index is 8.98. The Labute approximate surface area is 72.5 Å². The van der Waals surface area contributed by atoms with Crippen molar-refractivity contribution >= 4 is 0 Å². The van der Waals surface area contributed by atoms with Gasteiger partial charge in [-0.1, -0.05) is 13.0 Å². The van der Waals surface area contributed by atoms with Crippen LogP contribution in [0.2, 0.25) is 0 Å². The average Bonchev–Trinajstić information content (AvgIpc) is 2.13. The number of aromatic hydroxyl groups is 2. The van der Waals surface area contributed by atoms with E-state index < -0.39 is 0 Å². The fraction of sp³-hybridized carbons (Fsp3) is 0.333. The van der Waals surface area contributed by atoms with Gasteiger partial charge in [-0.05, 0) is 31.2 Å². The first-order valence-corrected chi connectivity index (χ1v) is 3.82. The topological polar surface area (TPSA) is 66.5 Å². The van der Waals surface area contributed by atoms with Crippen molar-refractivity contribution in [2.75, 3.05) is 7.05 Å². The van der Waals surface area contributed by atoms with Crippen LogP contribution in [0, 0.1) is 0 Å². The molecular weight excluding hydrogens is 154 g/mol. The lowest BCUT2D eigenvalue weighted by Crippen LogP contribution is -1.77. The fourth-order valence-corrected chi connectivity index (χ4v) is 0.789. The molecular formula is C9H15NO2. The summed E-state index contributed by atoms with van der Waals surface area (Å²) in [5, 5.41) is 17.9. The molecule has 0 aromatic heterocycles. The van der Waals surface area contributed by atoms with E-state index in [1.54, 1.807) is 12.1 Å². The second-order valence-corrected chi connectivity index (χ2v) is 2.18. The van der Waals surface area contributed by atoms with E-state index in [0.29, 0.717) is 0 Å². The van der Waals surface area contributed by atoms with Crippen LogP contribution >= 0.6 is 0 Å². The molecule has 0 fully saturated rings. The van der Waals surface area contributed by atoms with Crippen molar-refractivity contribution in [1.29, 1.82) is 0 Å². The number of hydrogen-bond donors (Lipinski definition) is 3. The van der Waals surface area contributed by atoms with Gasteiger partial charge in [0.25, 0.3) is 0 Å². The highest BCUT2D eigenvalue weighted by atomic mass is 16.3. The third-order valence-corrected chi connectivity index (χ3v) is 1.45. The first-order valence-electron chi connectivity index (χ1n) is 3.82. The standard InChI is InChI=1S/C8H10O2.CH5N/c1-2-6-3-4-7(9)8(10)5-6;1-2/h3-5,9-10H,2H2,1H3;2H2,1H3. The number of phenols is 2. The highest BCUT2D eigenvalue weighted by Crippen LogP contribution is 2.24. The molecule has 0 aliphatic carbocycles. The van der Waals surface area contributed by atoms with Crippen molar-refractivity contribution in [3.8, 4) is 11.5 Å². The van der Waals surface area contributed by atoms with Gasteiger partial charge in [-0.15, -0.1) is 0 Å². The Morgan fingerprint density at radius 3 is 2.17 bits per heavy atom. The molecule has 68 valence electrons. The smallest absolute Gasteiger partial charge is 0.157 e. The lowest BCUT2D eigenvalue weighted by molar-refractivity contribution is 0.403. The molecule has 0 saturated carbocycles. The normalized spacial score (nSPS) is 8.58. The highest BCUT2D eigenvalue weighted by Gasteiger charge is 1.97. The Morgan fingerprint density at radius 2 is 1.75 bits per heavy atom. The molecule has 0 radical (unpaired) electrons. The van der Waals surface area contributed by atoms with E-state index in [2.05, 4.69) is 5.73 Å². The van der Waals surface area contributed by atoms with Crippen molar-refractivity contribution in [2.24, 2.45) is 5.73 Å². The maximum Gasteiger partial charge on any atom is 0.157 e. The largest absolute Gasteiger partial charge is 0.504 e. The molecule has 0 amide bonds. The van der Waals surface area contributed by atoms with Gasteiger partial charge in [0.1, 0.15) is 0 Å². The van der Waals surface area contributed by atoms with Crippen LogP contribution in [-0.4, -0.2) is 17.3 Å². The second kappa shape index (κ2) is 5.43. The molecule has 0 atom stereocenters. The summed E-state index contributed by atoms with van der Waals surface area (Å²) < 4.78 is 0. The number of hydrogen-bond acceptors (Lipinski definition) is 3. The Kier molecular flexibility index (Phi) is 4.88. The van der Waals surface area contributed by atoms with Crippen LogP contribution in [0.4, 0.5) is 0 Å². The molecule has 3 nitrogen and oxygen atoms in total. The van der Waals surface area contributed by atoms with E-state index in [0.717, 1.165) is 12.0 Å². The van der Waals surface area contributed by atoms with Crippen molar-refractivity contribution in [3.05, 3.63) is 23.8 Å². The molecule has 0 heterocycles. The summed E-state index contributed by atoms with van der Waals surface area (Å²) in [7, 11) is 1.50. The zero-order valence-electron chi connectivity index (χ0n) is 7.41. The summed E-state index contributed by atoms with van der Waals surface area (Å²) in [6.07, 6.45) is 0.869. The number of phenolic OH excluding ortho intramolecular Hbond substituents is 2. The molecule has 4 N–H and O–H groups in total. The van der Waals surface area contributed by atoms with Gasteiger partial charge in [0, 0.05) is 0 Å². The van der Waals surface area contributed by atoms with Gasteiger partial charge in [0.2, 0.25) is 0 Å². The highest BCUT2D eigenvalue weighted by molar-refractivity contribution is 5.40. The molecule has 3 heteroatoms. The first-order chi connectivity index (χ1) is 5.74. The maximum absolute atomic E-state index is 8.98. The Balaban J connectivity index is 0.000000561. The summed E-state index contributed by atoms with van der Waals surface area (Å²) in [5.74, 6) is -0.100. The summed E-state index contributed by atoms with van der Waals surface area (Å²) in [4.78, 5) is 0. The minimum absolute atomic E-state index is 0.0423. The minimum atomic E-state index is -0.0581. The molecule has 0 bridgehead atoms. The van der Waals surface area contributed by atoms with Crippen LogP contribution in [0.3, 0.4) is 0 Å². The molecule has 1 aromatic rings. The third-order valence-electron chi connectivity index (χ3n) is 1.45. The van der Waals surface area contributed by atoms with Crippen LogP contribution in [0.1, 0.15) is 12.5 Å². The monoisotopic (exact) mass is 169 g/mol. The van der Waals surface area contributed by atoms with Crippen LogP contribution in [-0.2, 0) is 6.42 Å². The number of aryl methyl sites for hydroxylation is 1. The van der Waals surface area contributed by atoms with Crippen LogP contribution in [0.25, 0.3) is 0 Å². The van der Waals surface area contributed by atoms with E-state index in [9.17, 15) is 0 Å². The Hall–Kier alpha value is -1.22. The van der Waals surface area contributed by atoms with Gasteiger partial charge < -0.3 is 15.9 Å². The molecule has 12 heavy (non-hydrogen) atoms. The number of rotatable bonds is 1. The summed E-state index contributed by atoms with van der Waals surface area (Å²) in [6.45, 7) is 1.99. The average molecular weight is 169 g/mol. The van der Waals surface area contributed by atoms with Crippen LogP contribution < -0.4 is 5.73 Å². The number of benzene rings is 1. The molecule has 1 rings (SSSR count). The predicted octanol–water partition coefficient (Wildman–Crippen LogP) is 1.24. The molecule has 0 saturated heterocycles. The van der Waals surface area contributed by atoms with Crippen molar-refractivity contribution < 1.29 is 10.2 Å². The van der Waals surface area contributed by atoms with E-state index in [1.165, 1.54) is 13.1 Å². The SMILES string of the molecule is CCc1ccc(O)c(O)c1.CN. The zero-order valence-corrected chi connectivity index (χ0v) is 7.41. The van der Waals surface area contributed by atoms with Crippen molar-refractivity contribution in [3.63, 3.8) is 0 Å².